The monoisotopic (exact) mass is 271 g/mol. The van der Waals surface area contributed by atoms with Crippen molar-refractivity contribution in [1.29, 1.82) is 0 Å². The summed E-state index contributed by atoms with van der Waals surface area (Å²) >= 11 is 7.35. The second-order valence-corrected chi connectivity index (χ2v) is 5.09. The highest BCUT2D eigenvalue weighted by molar-refractivity contribution is 7.15. The van der Waals surface area contributed by atoms with Gasteiger partial charge in [-0.05, 0) is 19.1 Å². The van der Waals surface area contributed by atoms with Crippen molar-refractivity contribution in [1.82, 2.24) is 4.98 Å². The molecule has 2 rings (SSSR count). The fraction of sp³-hybridized carbons (Fsp3) is 0.250. The number of aromatic nitrogens is 1. The predicted octanol–water partition coefficient (Wildman–Crippen LogP) is 3.45. The van der Waals surface area contributed by atoms with E-state index in [1.54, 1.807) is 12.1 Å². The normalized spacial score (nSPS) is 10.8. The molecule has 1 heterocycles. The van der Waals surface area contributed by atoms with E-state index in [0.29, 0.717) is 22.0 Å². The minimum absolute atomic E-state index is 0.0630. The summed E-state index contributed by atoms with van der Waals surface area (Å²) in [4.78, 5) is 5.26. The Balaban J connectivity index is 2.50. The number of halogens is 2. The van der Waals surface area contributed by atoms with Crippen molar-refractivity contribution in [3.05, 3.63) is 39.6 Å². The van der Waals surface area contributed by atoms with Crippen molar-refractivity contribution in [2.24, 2.45) is 0 Å². The van der Waals surface area contributed by atoms with E-state index in [4.69, 9.17) is 16.7 Å². The van der Waals surface area contributed by atoms with Gasteiger partial charge in [-0.1, -0.05) is 17.7 Å². The van der Waals surface area contributed by atoms with Crippen LogP contribution in [0.2, 0.25) is 5.02 Å². The third-order valence-corrected chi connectivity index (χ3v) is 3.96. The Bertz CT molecular complexity index is 521. The molecule has 0 aliphatic rings. The van der Waals surface area contributed by atoms with E-state index in [9.17, 15) is 4.39 Å². The Hall–Kier alpha value is -0.970. The molecule has 0 saturated carbocycles. The SMILES string of the molecule is Cc1nc(-c2c(F)cccc2Cl)sc1CCO. The lowest BCUT2D eigenvalue weighted by Crippen LogP contribution is -1.88. The molecule has 0 aliphatic carbocycles. The number of aliphatic hydroxyl groups is 1. The first-order chi connectivity index (χ1) is 8.13. The molecule has 2 aromatic rings. The minimum Gasteiger partial charge on any atom is -0.396 e. The standard InChI is InChI=1S/C12H11ClFNOS/c1-7-10(5-6-16)17-12(15-7)11-8(13)3-2-4-9(11)14/h2-4,16H,5-6H2,1H3. The van der Waals surface area contributed by atoms with Crippen molar-refractivity contribution in [3.8, 4) is 10.6 Å². The first-order valence-electron chi connectivity index (χ1n) is 5.15. The van der Waals surface area contributed by atoms with E-state index in [0.717, 1.165) is 10.6 Å². The van der Waals surface area contributed by atoms with Crippen molar-refractivity contribution in [2.45, 2.75) is 13.3 Å². The fourth-order valence-electron chi connectivity index (χ4n) is 1.57. The van der Waals surface area contributed by atoms with Crippen LogP contribution >= 0.6 is 22.9 Å². The van der Waals surface area contributed by atoms with Gasteiger partial charge in [-0.25, -0.2) is 9.37 Å². The molecule has 17 heavy (non-hydrogen) atoms. The van der Waals surface area contributed by atoms with Gasteiger partial charge in [0.2, 0.25) is 0 Å². The van der Waals surface area contributed by atoms with Gasteiger partial charge in [0.1, 0.15) is 10.8 Å². The maximum absolute atomic E-state index is 13.7. The van der Waals surface area contributed by atoms with Gasteiger partial charge < -0.3 is 5.11 Å². The summed E-state index contributed by atoms with van der Waals surface area (Å²) in [5.41, 5.74) is 1.16. The van der Waals surface area contributed by atoms with E-state index in [1.807, 2.05) is 6.92 Å². The van der Waals surface area contributed by atoms with Crippen molar-refractivity contribution < 1.29 is 9.50 Å². The molecule has 0 saturated heterocycles. The van der Waals surface area contributed by atoms with Crippen LogP contribution in [0.25, 0.3) is 10.6 Å². The van der Waals surface area contributed by atoms with Crippen LogP contribution < -0.4 is 0 Å². The molecule has 90 valence electrons. The summed E-state index contributed by atoms with van der Waals surface area (Å²) in [5, 5.41) is 9.83. The first-order valence-corrected chi connectivity index (χ1v) is 6.34. The highest BCUT2D eigenvalue weighted by Gasteiger charge is 2.15. The van der Waals surface area contributed by atoms with E-state index >= 15 is 0 Å². The molecule has 0 atom stereocenters. The zero-order chi connectivity index (χ0) is 12.4. The zero-order valence-electron chi connectivity index (χ0n) is 9.20. The largest absolute Gasteiger partial charge is 0.396 e. The number of aliphatic hydroxyl groups excluding tert-OH is 1. The highest BCUT2D eigenvalue weighted by Crippen LogP contribution is 2.34. The Morgan fingerprint density at radius 1 is 1.47 bits per heavy atom. The van der Waals surface area contributed by atoms with Gasteiger partial charge in [-0.2, -0.15) is 0 Å². The van der Waals surface area contributed by atoms with Crippen LogP contribution in [-0.4, -0.2) is 16.7 Å². The molecule has 0 bridgehead atoms. The molecular weight excluding hydrogens is 261 g/mol. The third-order valence-electron chi connectivity index (χ3n) is 2.41. The van der Waals surface area contributed by atoms with Gasteiger partial charge in [0.25, 0.3) is 0 Å². The number of hydrogen-bond acceptors (Lipinski definition) is 3. The summed E-state index contributed by atoms with van der Waals surface area (Å²) < 4.78 is 13.7. The average molecular weight is 272 g/mol. The zero-order valence-corrected chi connectivity index (χ0v) is 10.8. The quantitative estimate of drug-likeness (QED) is 0.928. The van der Waals surface area contributed by atoms with Gasteiger partial charge in [0, 0.05) is 17.9 Å². The molecule has 0 radical (unpaired) electrons. The summed E-state index contributed by atoms with van der Waals surface area (Å²) in [6, 6.07) is 4.57. The number of thiazole rings is 1. The summed E-state index contributed by atoms with van der Waals surface area (Å²) in [5.74, 6) is -0.373. The van der Waals surface area contributed by atoms with Gasteiger partial charge in [0.05, 0.1) is 16.3 Å². The van der Waals surface area contributed by atoms with Crippen LogP contribution in [0.15, 0.2) is 18.2 Å². The Labute approximate surface area is 108 Å². The van der Waals surface area contributed by atoms with Gasteiger partial charge >= 0.3 is 0 Å². The molecule has 0 fully saturated rings. The molecule has 2 nitrogen and oxygen atoms in total. The van der Waals surface area contributed by atoms with E-state index in [1.165, 1.54) is 17.4 Å². The fourth-order valence-corrected chi connectivity index (χ4v) is 2.99. The maximum Gasteiger partial charge on any atom is 0.134 e. The minimum atomic E-state index is -0.373. The molecule has 1 N–H and O–H groups in total. The highest BCUT2D eigenvalue weighted by atomic mass is 35.5. The van der Waals surface area contributed by atoms with E-state index in [-0.39, 0.29) is 12.4 Å². The second-order valence-electron chi connectivity index (χ2n) is 3.60. The lowest BCUT2D eigenvalue weighted by Gasteiger charge is -2.00. The number of benzene rings is 1. The van der Waals surface area contributed by atoms with Gasteiger partial charge in [-0.3, -0.25) is 0 Å². The number of aryl methyl sites for hydroxylation is 1. The van der Waals surface area contributed by atoms with Crippen LogP contribution in [0.4, 0.5) is 4.39 Å². The summed E-state index contributed by atoms with van der Waals surface area (Å²) in [7, 11) is 0. The van der Waals surface area contributed by atoms with E-state index < -0.39 is 0 Å². The number of nitrogens with zero attached hydrogens (tertiary/aromatic N) is 1. The predicted molar refractivity (Wildman–Crippen MR) is 68.0 cm³/mol. The van der Waals surface area contributed by atoms with Crippen LogP contribution in [0.1, 0.15) is 10.6 Å². The van der Waals surface area contributed by atoms with Crippen LogP contribution in [0.5, 0.6) is 0 Å². The molecule has 0 unspecified atom stereocenters. The molecule has 1 aromatic heterocycles. The molecule has 5 heteroatoms. The van der Waals surface area contributed by atoms with Crippen molar-refractivity contribution in [2.75, 3.05) is 6.61 Å². The van der Waals surface area contributed by atoms with Gasteiger partial charge in [0.15, 0.2) is 0 Å². The number of hydrogen-bond donors (Lipinski definition) is 1. The lowest BCUT2D eigenvalue weighted by atomic mass is 10.2. The summed E-state index contributed by atoms with van der Waals surface area (Å²) in [6.07, 6.45) is 0.537. The average Bonchev–Trinajstić information content (AvgIpc) is 2.60. The smallest absolute Gasteiger partial charge is 0.134 e. The lowest BCUT2D eigenvalue weighted by molar-refractivity contribution is 0.300. The Kier molecular flexibility index (Phi) is 3.76. The van der Waals surface area contributed by atoms with E-state index in [2.05, 4.69) is 4.98 Å². The van der Waals surface area contributed by atoms with Crippen LogP contribution in [0, 0.1) is 12.7 Å². The molecule has 0 amide bonds. The second kappa shape index (κ2) is 5.12. The molecule has 1 aromatic carbocycles. The number of rotatable bonds is 3. The Morgan fingerprint density at radius 3 is 2.88 bits per heavy atom. The third kappa shape index (κ3) is 2.49. The molecule has 0 aliphatic heterocycles. The van der Waals surface area contributed by atoms with Gasteiger partial charge in [-0.15, -0.1) is 11.3 Å². The van der Waals surface area contributed by atoms with Crippen molar-refractivity contribution in [3.63, 3.8) is 0 Å². The first kappa shape index (κ1) is 12.5. The maximum atomic E-state index is 13.7. The molecular formula is C12H11ClFNOS. The topological polar surface area (TPSA) is 33.1 Å². The van der Waals surface area contributed by atoms with Crippen LogP contribution in [-0.2, 0) is 6.42 Å². The molecule has 0 spiro atoms. The van der Waals surface area contributed by atoms with Crippen LogP contribution in [0.3, 0.4) is 0 Å². The Morgan fingerprint density at radius 2 is 2.24 bits per heavy atom. The summed E-state index contributed by atoms with van der Waals surface area (Å²) in [6.45, 7) is 1.91. The van der Waals surface area contributed by atoms with Crippen molar-refractivity contribution >= 4 is 22.9 Å².